The van der Waals surface area contributed by atoms with Crippen LogP contribution in [0.5, 0.6) is 0 Å². The number of nitrogens with zero attached hydrogens (tertiary/aromatic N) is 1. The monoisotopic (exact) mass is 327 g/mol. The van der Waals surface area contributed by atoms with Crippen LogP contribution in [-0.4, -0.2) is 42.3 Å². The first-order valence-corrected chi connectivity index (χ1v) is 8.84. The Morgan fingerprint density at radius 3 is 2.26 bits per heavy atom. The van der Waals surface area contributed by atoms with Crippen molar-refractivity contribution in [2.45, 2.75) is 84.3 Å². The van der Waals surface area contributed by atoms with Crippen molar-refractivity contribution in [3.05, 3.63) is 0 Å². The second-order valence-corrected chi connectivity index (χ2v) is 7.46. The van der Waals surface area contributed by atoms with Gasteiger partial charge in [0, 0.05) is 19.5 Å². The third kappa shape index (κ3) is 7.71. The molecule has 1 fully saturated rings. The van der Waals surface area contributed by atoms with Gasteiger partial charge in [-0.05, 0) is 72.1 Å². The minimum atomic E-state index is -0.449. The van der Waals surface area contributed by atoms with Crippen LogP contribution in [0.25, 0.3) is 0 Å². The van der Waals surface area contributed by atoms with Gasteiger partial charge in [0.15, 0.2) is 0 Å². The molecule has 0 saturated heterocycles. The first-order chi connectivity index (χ1) is 10.7. The third-order valence-corrected chi connectivity index (χ3v) is 4.34. The molecule has 134 valence electrons. The highest BCUT2D eigenvalue weighted by Gasteiger charge is 2.29. The molecule has 0 aliphatic heterocycles. The van der Waals surface area contributed by atoms with Crippen LogP contribution in [0.3, 0.4) is 0 Å². The number of carbonyl (C=O) groups excluding carboxylic acids is 2. The maximum Gasteiger partial charge on any atom is 0.410 e. The molecule has 0 spiro atoms. The van der Waals surface area contributed by atoms with E-state index in [4.69, 9.17) is 9.47 Å². The molecule has 0 aromatic carbocycles. The Kier molecular flexibility index (Phi) is 7.86. The predicted molar refractivity (Wildman–Crippen MR) is 90.2 cm³/mol. The van der Waals surface area contributed by atoms with Crippen LogP contribution < -0.4 is 0 Å². The number of esters is 1. The number of hydrogen-bond acceptors (Lipinski definition) is 4. The van der Waals surface area contributed by atoms with Crippen molar-refractivity contribution in [1.29, 1.82) is 0 Å². The molecule has 5 heteroatoms. The van der Waals surface area contributed by atoms with Gasteiger partial charge in [0.2, 0.25) is 0 Å². The summed E-state index contributed by atoms with van der Waals surface area (Å²) < 4.78 is 10.4. The lowest BCUT2D eigenvalue weighted by Gasteiger charge is -2.35. The molecule has 5 nitrogen and oxygen atoms in total. The highest BCUT2D eigenvalue weighted by molar-refractivity contribution is 5.69. The minimum Gasteiger partial charge on any atom is -0.466 e. The van der Waals surface area contributed by atoms with Crippen LogP contribution >= 0.6 is 0 Å². The fourth-order valence-corrected chi connectivity index (χ4v) is 3.07. The van der Waals surface area contributed by atoms with Crippen LogP contribution in [0.2, 0.25) is 0 Å². The van der Waals surface area contributed by atoms with E-state index in [2.05, 4.69) is 0 Å². The van der Waals surface area contributed by atoms with Crippen LogP contribution in [0.15, 0.2) is 0 Å². The Morgan fingerprint density at radius 1 is 1.13 bits per heavy atom. The molecule has 0 aromatic heterocycles. The van der Waals surface area contributed by atoms with Crippen LogP contribution in [0.1, 0.15) is 72.6 Å². The maximum absolute atomic E-state index is 12.1. The Balaban J connectivity index is 2.27. The summed E-state index contributed by atoms with van der Waals surface area (Å²) in [6, 6.07) is 0.270. The summed E-state index contributed by atoms with van der Waals surface area (Å²) in [5.41, 5.74) is -0.449. The largest absolute Gasteiger partial charge is 0.466 e. The molecular weight excluding hydrogens is 294 g/mol. The van der Waals surface area contributed by atoms with E-state index in [0.29, 0.717) is 18.9 Å². The zero-order valence-corrected chi connectivity index (χ0v) is 15.4. The van der Waals surface area contributed by atoms with Crippen molar-refractivity contribution in [2.24, 2.45) is 5.92 Å². The van der Waals surface area contributed by atoms with E-state index in [9.17, 15) is 9.59 Å². The molecule has 1 saturated carbocycles. The first-order valence-electron chi connectivity index (χ1n) is 8.84. The van der Waals surface area contributed by atoms with Crippen LogP contribution in [-0.2, 0) is 14.3 Å². The van der Waals surface area contributed by atoms with Gasteiger partial charge in [0.1, 0.15) is 5.60 Å². The Morgan fingerprint density at radius 2 is 1.74 bits per heavy atom. The van der Waals surface area contributed by atoms with Gasteiger partial charge in [-0.15, -0.1) is 0 Å². The average molecular weight is 327 g/mol. The highest BCUT2D eigenvalue weighted by Crippen LogP contribution is 2.31. The van der Waals surface area contributed by atoms with Crippen molar-refractivity contribution in [3.8, 4) is 0 Å². The number of ether oxygens (including phenoxy) is 2. The van der Waals surface area contributed by atoms with Crippen molar-refractivity contribution in [3.63, 3.8) is 0 Å². The third-order valence-electron chi connectivity index (χ3n) is 4.34. The van der Waals surface area contributed by atoms with Gasteiger partial charge in [0.25, 0.3) is 0 Å². The van der Waals surface area contributed by atoms with Gasteiger partial charge >= 0.3 is 12.1 Å². The molecule has 0 aromatic rings. The zero-order valence-electron chi connectivity index (χ0n) is 15.4. The summed E-state index contributed by atoms with van der Waals surface area (Å²) in [6.45, 7) is 7.96. The molecule has 1 aliphatic rings. The number of rotatable bonds is 6. The lowest BCUT2D eigenvalue weighted by molar-refractivity contribution is -0.143. The summed E-state index contributed by atoms with van der Waals surface area (Å²) in [4.78, 5) is 25.2. The van der Waals surface area contributed by atoms with E-state index >= 15 is 0 Å². The maximum atomic E-state index is 12.1. The van der Waals surface area contributed by atoms with E-state index in [1.807, 2.05) is 34.7 Å². The van der Waals surface area contributed by atoms with Crippen LogP contribution in [0.4, 0.5) is 4.79 Å². The lowest BCUT2D eigenvalue weighted by atomic mass is 9.83. The summed E-state index contributed by atoms with van der Waals surface area (Å²) in [7, 11) is 1.83. The molecule has 0 heterocycles. The molecule has 1 amide bonds. The number of hydrogen-bond donors (Lipinski definition) is 0. The van der Waals surface area contributed by atoms with Crippen molar-refractivity contribution in [2.75, 3.05) is 13.7 Å². The minimum absolute atomic E-state index is 0.0918. The number of carbonyl (C=O) groups is 2. The number of amides is 1. The molecule has 0 atom stereocenters. The van der Waals surface area contributed by atoms with Gasteiger partial charge in [-0.1, -0.05) is 0 Å². The van der Waals surface area contributed by atoms with Crippen molar-refractivity contribution in [1.82, 2.24) is 4.90 Å². The summed E-state index contributed by atoms with van der Waals surface area (Å²) in [6.07, 6.45) is 6.51. The van der Waals surface area contributed by atoms with E-state index in [1.54, 1.807) is 4.90 Å². The van der Waals surface area contributed by atoms with Gasteiger partial charge < -0.3 is 14.4 Å². The van der Waals surface area contributed by atoms with Crippen LogP contribution in [0, 0.1) is 5.92 Å². The highest BCUT2D eigenvalue weighted by atomic mass is 16.6. The predicted octanol–water partition coefficient (Wildman–Crippen LogP) is 4.15. The summed E-state index contributed by atoms with van der Waals surface area (Å²) in [5, 5.41) is 0. The normalized spacial score (nSPS) is 21.6. The Labute approximate surface area is 140 Å². The topological polar surface area (TPSA) is 55.8 Å². The molecule has 1 aliphatic carbocycles. The average Bonchev–Trinajstić information content (AvgIpc) is 2.46. The van der Waals surface area contributed by atoms with Gasteiger partial charge in [-0.3, -0.25) is 4.79 Å². The Bertz CT molecular complexity index is 381. The molecule has 0 unspecified atom stereocenters. The second kappa shape index (κ2) is 9.14. The molecule has 0 bridgehead atoms. The van der Waals surface area contributed by atoms with E-state index in [0.717, 1.165) is 38.5 Å². The molecular formula is C18H33NO4. The molecule has 23 heavy (non-hydrogen) atoms. The fraction of sp³-hybridized carbons (Fsp3) is 0.889. The molecule has 0 N–H and O–H groups in total. The van der Waals surface area contributed by atoms with E-state index < -0.39 is 5.60 Å². The summed E-state index contributed by atoms with van der Waals surface area (Å²) >= 11 is 0. The standard InChI is InChI=1S/C18H33NO4/c1-6-22-16(20)9-7-8-14-10-12-15(13-11-14)19(5)17(21)23-18(2,3)4/h14-15H,6-13H2,1-5H3. The summed E-state index contributed by atoms with van der Waals surface area (Å²) in [5.74, 6) is 0.568. The fourth-order valence-electron chi connectivity index (χ4n) is 3.07. The Hall–Kier alpha value is -1.26. The van der Waals surface area contributed by atoms with E-state index in [1.165, 1.54) is 0 Å². The van der Waals surface area contributed by atoms with Gasteiger partial charge in [-0.25, -0.2) is 4.79 Å². The van der Waals surface area contributed by atoms with E-state index in [-0.39, 0.29) is 18.1 Å². The van der Waals surface area contributed by atoms with Gasteiger partial charge in [-0.2, -0.15) is 0 Å². The zero-order chi connectivity index (χ0) is 17.5. The smallest absolute Gasteiger partial charge is 0.410 e. The van der Waals surface area contributed by atoms with Gasteiger partial charge in [0.05, 0.1) is 6.61 Å². The molecule has 1 rings (SSSR count). The van der Waals surface area contributed by atoms with Crippen molar-refractivity contribution >= 4 is 12.1 Å². The first kappa shape index (κ1) is 19.8. The molecule has 0 radical (unpaired) electrons. The SMILES string of the molecule is CCOC(=O)CCCC1CCC(N(C)C(=O)OC(C)(C)C)CC1. The second-order valence-electron chi connectivity index (χ2n) is 7.46. The quantitative estimate of drug-likeness (QED) is 0.688. The lowest BCUT2D eigenvalue weighted by Crippen LogP contribution is -2.42. The van der Waals surface area contributed by atoms with Crippen molar-refractivity contribution < 1.29 is 19.1 Å².